The monoisotopic (exact) mass is 310 g/mol. The van der Waals surface area contributed by atoms with Crippen LogP contribution in [0.2, 0.25) is 0 Å². The Balaban J connectivity index is 2.33. The standard InChI is InChI=1S/C15H23BrN2/c1-5-13-8-17-12(4)9-18(13)14-6-10(2)15(16)11(3)7-14/h6-7,12-13,17H,5,8-9H2,1-4H3. The molecule has 2 atom stereocenters. The molecule has 1 saturated heterocycles. The quantitative estimate of drug-likeness (QED) is 0.897. The normalized spacial score (nSPS) is 24.4. The number of piperazine rings is 1. The van der Waals surface area contributed by atoms with Gasteiger partial charge in [-0.25, -0.2) is 0 Å². The molecule has 0 aromatic heterocycles. The first-order chi connectivity index (χ1) is 8.52. The fourth-order valence-corrected chi connectivity index (χ4v) is 2.95. The summed E-state index contributed by atoms with van der Waals surface area (Å²) in [6, 6.07) is 5.79. The molecule has 1 aliphatic heterocycles. The Morgan fingerprint density at radius 1 is 1.33 bits per heavy atom. The van der Waals surface area contributed by atoms with Crippen LogP contribution < -0.4 is 10.2 Å². The molecule has 0 bridgehead atoms. The average molecular weight is 311 g/mol. The molecular weight excluding hydrogens is 288 g/mol. The predicted octanol–water partition coefficient (Wildman–Crippen LogP) is 3.64. The van der Waals surface area contributed by atoms with Crippen molar-refractivity contribution in [2.75, 3.05) is 18.0 Å². The number of hydrogen-bond donors (Lipinski definition) is 1. The van der Waals surface area contributed by atoms with Gasteiger partial charge >= 0.3 is 0 Å². The molecule has 0 radical (unpaired) electrons. The lowest BCUT2D eigenvalue weighted by Crippen LogP contribution is -2.55. The third-order valence-corrected chi connectivity index (χ3v) is 5.09. The molecule has 1 N–H and O–H groups in total. The molecule has 0 saturated carbocycles. The second-order valence-electron chi connectivity index (χ2n) is 5.42. The summed E-state index contributed by atoms with van der Waals surface area (Å²) in [4.78, 5) is 2.56. The zero-order valence-corrected chi connectivity index (χ0v) is 13.3. The van der Waals surface area contributed by atoms with Gasteiger partial charge in [-0.15, -0.1) is 0 Å². The molecule has 0 amide bonds. The van der Waals surface area contributed by atoms with Gasteiger partial charge in [-0.3, -0.25) is 0 Å². The molecular formula is C15H23BrN2. The first-order valence-electron chi connectivity index (χ1n) is 6.79. The second-order valence-corrected chi connectivity index (χ2v) is 6.21. The Labute approximate surface area is 119 Å². The van der Waals surface area contributed by atoms with Crippen molar-refractivity contribution in [2.45, 2.75) is 46.2 Å². The lowest BCUT2D eigenvalue weighted by Gasteiger charge is -2.41. The van der Waals surface area contributed by atoms with E-state index in [4.69, 9.17) is 0 Å². The molecule has 2 nitrogen and oxygen atoms in total. The summed E-state index contributed by atoms with van der Waals surface area (Å²) in [7, 11) is 0. The Kier molecular flexibility index (Phi) is 4.33. The highest BCUT2D eigenvalue weighted by molar-refractivity contribution is 9.10. The number of halogens is 1. The van der Waals surface area contributed by atoms with E-state index in [2.05, 4.69) is 66.0 Å². The van der Waals surface area contributed by atoms with Crippen molar-refractivity contribution in [3.8, 4) is 0 Å². The maximum atomic E-state index is 3.65. The molecule has 1 aliphatic rings. The number of anilines is 1. The van der Waals surface area contributed by atoms with E-state index in [1.54, 1.807) is 0 Å². The van der Waals surface area contributed by atoms with Crippen LogP contribution in [0.3, 0.4) is 0 Å². The van der Waals surface area contributed by atoms with Crippen molar-refractivity contribution in [2.24, 2.45) is 0 Å². The van der Waals surface area contributed by atoms with Gasteiger partial charge in [-0.2, -0.15) is 0 Å². The minimum Gasteiger partial charge on any atom is -0.366 e. The van der Waals surface area contributed by atoms with E-state index in [9.17, 15) is 0 Å². The van der Waals surface area contributed by atoms with Crippen molar-refractivity contribution in [1.29, 1.82) is 0 Å². The molecule has 3 heteroatoms. The molecule has 1 aromatic rings. The van der Waals surface area contributed by atoms with Crippen LogP contribution in [0.1, 0.15) is 31.4 Å². The van der Waals surface area contributed by atoms with Crippen molar-refractivity contribution in [3.05, 3.63) is 27.7 Å². The Morgan fingerprint density at radius 3 is 2.50 bits per heavy atom. The highest BCUT2D eigenvalue weighted by atomic mass is 79.9. The van der Waals surface area contributed by atoms with Crippen LogP contribution >= 0.6 is 15.9 Å². The van der Waals surface area contributed by atoms with Gasteiger partial charge in [-0.05, 0) is 50.5 Å². The number of nitrogens with one attached hydrogen (secondary N) is 1. The van der Waals surface area contributed by atoms with Crippen LogP contribution in [0.5, 0.6) is 0 Å². The summed E-state index contributed by atoms with van der Waals surface area (Å²) in [6.07, 6.45) is 1.19. The van der Waals surface area contributed by atoms with Gasteiger partial charge in [0.1, 0.15) is 0 Å². The number of nitrogens with zero attached hydrogens (tertiary/aromatic N) is 1. The first-order valence-corrected chi connectivity index (χ1v) is 7.59. The first kappa shape index (κ1) is 13.9. The van der Waals surface area contributed by atoms with Crippen molar-refractivity contribution >= 4 is 21.6 Å². The van der Waals surface area contributed by atoms with E-state index >= 15 is 0 Å². The SMILES string of the molecule is CCC1CNC(C)CN1c1cc(C)c(Br)c(C)c1. The van der Waals surface area contributed by atoms with Crippen LogP contribution in [0.15, 0.2) is 16.6 Å². The maximum Gasteiger partial charge on any atom is 0.0412 e. The molecule has 1 aromatic carbocycles. The van der Waals surface area contributed by atoms with E-state index in [1.807, 2.05) is 0 Å². The third-order valence-electron chi connectivity index (χ3n) is 3.84. The highest BCUT2D eigenvalue weighted by Gasteiger charge is 2.25. The molecule has 1 heterocycles. The lowest BCUT2D eigenvalue weighted by molar-refractivity contribution is 0.402. The summed E-state index contributed by atoms with van der Waals surface area (Å²) in [5, 5.41) is 3.57. The van der Waals surface area contributed by atoms with Gasteiger partial charge in [0.05, 0.1) is 0 Å². The maximum absolute atomic E-state index is 3.65. The van der Waals surface area contributed by atoms with Gasteiger partial charge in [0.25, 0.3) is 0 Å². The largest absolute Gasteiger partial charge is 0.366 e. The van der Waals surface area contributed by atoms with Crippen LogP contribution in [0, 0.1) is 13.8 Å². The summed E-state index contributed by atoms with van der Waals surface area (Å²) >= 11 is 3.65. The van der Waals surface area contributed by atoms with Crippen molar-refractivity contribution in [1.82, 2.24) is 5.32 Å². The summed E-state index contributed by atoms with van der Waals surface area (Å²) < 4.78 is 1.24. The summed E-state index contributed by atoms with van der Waals surface area (Å²) in [5.74, 6) is 0. The van der Waals surface area contributed by atoms with E-state index in [1.165, 1.54) is 27.7 Å². The van der Waals surface area contributed by atoms with Crippen molar-refractivity contribution < 1.29 is 0 Å². The van der Waals surface area contributed by atoms with E-state index in [0.717, 1.165) is 13.1 Å². The topological polar surface area (TPSA) is 15.3 Å². The zero-order chi connectivity index (χ0) is 13.3. The Morgan fingerprint density at radius 2 is 1.94 bits per heavy atom. The van der Waals surface area contributed by atoms with Crippen LogP contribution in [-0.4, -0.2) is 25.2 Å². The molecule has 18 heavy (non-hydrogen) atoms. The molecule has 0 spiro atoms. The average Bonchev–Trinajstić information content (AvgIpc) is 2.35. The van der Waals surface area contributed by atoms with Gasteiger partial charge in [0.2, 0.25) is 0 Å². The minimum atomic E-state index is 0.567. The fraction of sp³-hybridized carbons (Fsp3) is 0.600. The molecule has 0 aliphatic carbocycles. The molecule has 100 valence electrons. The molecule has 2 unspecified atom stereocenters. The smallest absolute Gasteiger partial charge is 0.0412 e. The Hall–Kier alpha value is -0.540. The van der Waals surface area contributed by atoms with E-state index < -0.39 is 0 Å². The van der Waals surface area contributed by atoms with Crippen molar-refractivity contribution in [3.63, 3.8) is 0 Å². The highest BCUT2D eigenvalue weighted by Crippen LogP contribution is 2.29. The minimum absolute atomic E-state index is 0.567. The van der Waals surface area contributed by atoms with Gasteiger partial charge in [-0.1, -0.05) is 22.9 Å². The van der Waals surface area contributed by atoms with Crippen LogP contribution in [-0.2, 0) is 0 Å². The number of rotatable bonds is 2. The van der Waals surface area contributed by atoms with Crippen LogP contribution in [0.25, 0.3) is 0 Å². The molecule has 1 fully saturated rings. The predicted molar refractivity (Wildman–Crippen MR) is 82.5 cm³/mol. The number of hydrogen-bond acceptors (Lipinski definition) is 2. The number of aryl methyl sites for hydroxylation is 2. The van der Waals surface area contributed by atoms with Gasteiger partial charge in [0.15, 0.2) is 0 Å². The third kappa shape index (κ3) is 2.72. The zero-order valence-electron chi connectivity index (χ0n) is 11.8. The van der Waals surface area contributed by atoms with Crippen LogP contribution in [0.4, 0.5) is 5.69 Å². The lowest BCUT2D eigenvalue weighted by atomic mass is 10.0. The Bertz CT molecular complexity index is 407. The van der Waals surface area contributed by atoms with E-state index in [0.29, 0.717) is 12.1 Å². The molecule has 2 rings (SSSR count). The van der Waals surface area contributed by atoms with Gasteiger partial charge in [0, 0.05) is 35.3 Å². The summed E-state index contributed by atoms with van der Waals surface area (Å²) in [6.45, 7) is 11.1. The van der Waals surface area contributed by atoms with Gasteiger partial charge < -0.3 is 10.2 Å². The summed E-state index contributed by atoms with van der Waals surface area (Å²) in [5.41, 5.74) is 4.02. The van der Waals surface area contributed by atoms with E-state index in [-0.39, 0.29) is 0 Å². The fourth-order valence-electron chi connectivity index (χ4n) is 2.73. The second kappa shape index (κ2) is 5.62. The number of benzene rings is 1.